The molecule has 0 aromatic heterocycles. The average molecular weight is 714 g/mol. The standard InChI is InChI=1S/C35H25F10NO4/c1-17-8-18(32(47)49-3)4-6-25(17)27-15-28(31(48-2)16-29(27)36)26-7-5-21(33(37,38)39)9-19(26)12-24-14-30(50-46-24)20-10-22(34(40,41)42)13-23(11-20)35(43,44)45/h4-11,13,15-16,30H,12,14H2,1-3H3. The largest absolute Gasteiger partial charge is 0.496 e. The molecule has 5 rings (SSSR count). The summed E-state index contributed by atoms with van der Waals surface area (Å²) >= 11 is 0. The molecule has 0 saturated carbocycles. The van der Waals surface area contributed by atoms with Crippen LogP contribution in [0.2, 0.25) is 0 Å². The number of ether oxygens (including phenoxy) is 2. The third-order valence-corrected chi connectivity index (χ3v) is 8.06. The molecular formula is C35H25F10NO4. The number of carbonyl (C=O) groups excluding carboxylic acids is 1. The predicted molar refractivity (Wildman–Crippen MR) is 161 cm³/mol. The van der Waals surface area contributed by atoms with Crippen LogP contribution < -0.4 is 4.74 Å². The minimum atomic E-state index is -5.11. The topological polar surface area (TPSA) is 57.1 Å². The van der Waals surface area contributed by atoms with Crippen LogP contribution in [0.15, 0.2) is 71.9 Å². The second kappa shape index (κ2) is 13.3. The number of hydrogen-bond acceptors (Lipinski definition) is 5. The van der Waals surface area contributed by atoms with E-state index in [4.69, 9.17) is 14.3 Å². The van der Waals surface area contributed by atoms with Crippen molar-refractivity contribution in [2.24, 2.45) is 5.16 Å². The van der Waals surface area contributed by atoms with E-state index in [-0.39, 0.29) is 58.2 Å². The Bertz CT molecular complexity index is 1950. The van der Waals surface area contributed by atoms with Gasteiger partial charge in [-0.05, 0) is 83.3 Å². The molecule has 15 heteroatoms. The van der Waals surface area contributed by atoms with Gasteiger partial charge in [0.1, 0.15) is 11.6 Å². The molecule has 0 N–H and O–H groups in total. The van der Waals surface area contributed by atoms with Crippen molar-refractivity contribution in [3.63, 3.8) is 0 Å². The normalized spacial score (nSPS) is 15.1. The summed E-state index contributed by atoms with van der Waals surface area (Å²) in [6.45, 7) is 1.62. The lowest BCUT2D eigenvalue weighted by Crippen LogP contribution is -2.13. The molecule has 5 nitrogen and oxygen atoms in total. The molecule has 1 unspecified atom stereocenters. The lowest BCUT2D eigenvalue weighted by molar-refractivity contribution is -0.143. The maximum Gasteiger partial charge on any atom is 0.416 e. The molecule has 0 amide bonds. The monoisotopic (exact) mass is 713 g/mol. The average Bonchev–Trinajstić information content (AvgIpc) is 3.51. The summed E-state index contributed by atoms with van der Waals surface area (Å²) in [6.07, 6.45) is -17.1. The summed E-state index contributed by atoms with van der Waals surface area (Å²) in [5.41, 5.74) is -3.30. The lowest BCUT2D eigenvalue weighted by atomic mass is 9.89. The fraction of sp³-hybridized carbons (Fsp3) is 0.257. The van der Waals surface area contributed by atoms with Crippen molar-refractivity contribution in [3.8, 4) is 28.0 Å². The Balaban J connectivity index is 1.56. The van der Waals surface area contributed by atoms with Gasteiger partial charge in [-0.2, -0.15) is 39.5 Å². The Kier molecular flexibility index (Phi) is 9.65. The Labute approximate surface area is 278 Å². The molecule has 0 saturated heterocycles. The Morgan fingerprint density at radius 3 is 1.94 bits per heavy atom. The van der Waals surface area contributed by atoms with Gasteiger partial charge in [0.05, 0.1) is 42.2 Å². The van der Waals surface area contributed by atoms with Gasteiger partial charge in [-0.3, -0.25) is 0 Å². The number of carbonyl (C=O) groups is 1. The number of esters is 1. The Hall–Kier alpha value is -5.08. The number of oxime groups is 1. The van der Waals surface area contributed by atoms with Gasteiger partial charge in [0.15, 0.2) is 6.10 Å². The van der Waals surface area contributed by atoms with Crippen LogP contribution in [0.3, 0.4) is 0 Å². The van der Waals surface area contributed by atoms with Gasteiger partial charge >= 0.3 is 24.5 Å². The highest BCUT2D eigenvalue weighted by Crippen LogP contribution is 2.43. The van der Waals surface area contributed by atoms with Gasteiger partial charge in [0, 0.05) is 30.0 Å². The van der Waals surface area contributed by atoms with Gasteiger partial charge in [-0.1, -0.05) is 17.3 Å². The quantitative estimate of drug-likeness (QED) is 0.141. The van der Waals surface area contributed by atoms with Crippen LogP contribution in [0.4, 0.5) is 43.9 Å². The van der Waals surface area contributed by atoms with Gasteiger partial charge in [-0.25, -0.2) is 9.18 Å². The first-order chi connectivity index (χ1) is 23.3. The molecule has 1 atom stereocenters. The molecule has 4 aromatic carbocycles. The van der Waals surface area contributed by atoms with Crippen molar-refractivity contribution in [2.75, 3.05) is 14.2 Å². The van der Waals surface area contributed by atoms with E-state index in [9.17, 15) is 44.3 Å². The van der Waals surface area contributed by atoms with E-state index in [1.165, 1.54) is 38.5 Å². The summed E-state index contributed by atoms with van der Waals surface area (Å²) in [4.78, 5) is 17.2. The Morgan fingerprint density at radius 2 is 1.38 bits per heavy atom. The van der Waals surface area contributed by atoms with Crippen LogP contribution in [0, 0.1) is 12.7 Å². The van der Waals surface area contributed by atoms with Gasteiger partial charge in [0.2, 0.25) is 0 Å². The first kappa shape index (κ1) is 36.2. The second-order valence-electron chi connectivity index (χ2n) is 11.4. The highest BCUT2D eigenvalue weighted by Gasteiger charge is 2.39. The molecule has 1 heterocycles. The van der Waals surface area contributed by atoms with E-state index in [1.54, 1.807) is 6.92 Å². The summed E-state index contributed by atoms with van der Waals surface area (Å²) < 4.78 is 148. The fourth-order valence-corrected chi connectivity index (χ4v) is 5.63. The second-order valence-corrected chi connectivity index (χ2v) is 11.4. The number of alkyl halides is 9. The van der Waals surface area contributed by atoms with E-state index >= 15 is 4.39 Å². The number of hydrogen-bond donors (Lipinski definition) is 0. The number of aryl methyl sites for hydroxylation is 1. The van der Waals surface area contributed by atoms with Crippen molar-refractivity contribution < 1.29 is 63.0 Å². The van der Waals surface area contributed by atoms with Crippen LogP contribution >= 0.6 is 0 Å². The summed E-state index contributed by atoms with van der Waals surface area (Å²) in [5, 5.41) is 3.81. The van der Waals surface area contributed by atoms with E-state index in [0.29, 0.717) is 23.3 Å². The van der Waals surface area contributed by atoms with E-state index in [0.717, 1.165) is 24.3 Å². The molecule has 1 aliphatic heterocycles. The fourth-order valence-electron chi connectivity index (χ4n) is 5.63. The van der Waals surface area contributed by atoms with Crippen LogP contribution in [-0.4, -0.2) is 25.9 Å². The molecule has 50 heavy (non-hydrogen) atoms. The van der Waals surface area contributed by atoms with E-state index in [1.807, 2.05) is 0 Å². The molecule has 0 aliphatic carbocycles. The van der Waals surface area contributed by atoms with Crippen molar-refractivity contribution >= 4 is 11.7 Å². The molecule has 0 fully saturated rings. The first-order valence-corrected chi connectivity index (χ1v) is 14.6. The predicted octanol–water partition coefficient (Wildman–Crippen LogP) is 10.4. The lowest BCUT2D eigenvalue weighted by Gasteiger charge is -2.18. The zero-order valence-corrected chi connectivity index (χ0v) is 26.2. The Morgan fingerprint density at radius 1 is 0.760 bits per heavy atom. The zero-order valence-electron chi connectivity index (χ0n) is 26.2. The molecule has 1 aliphatic rings. The van der Waals surface area contributed by atoms with Crippen LogP contribution in [0.25, 0.3) is 22.3 Å². The number of benzene rings is 4. The number of halogens is 10. The smallest absolute Gasteiger partial charge is 0.416 e. The SMILES string of the molecule is COC(=O)c1ccc(-c2cc(-c3ccc(C(F)(F)F)cc3CC3=NOC(c4cc(C(F)(F)F)cc(C(F)(F)F)c4)C3)c(OC)cc2F)c(C)c1. The van der Waals surface area contributed by atoms with Gasteiger partial charge in [-0.15, -0.1) is 0 Å². The van der Waals surface area contributed by atoms with Crippen molar-refractivity contribution in [3.05, 3.63) is 111 Å². The number of nitrogens with zero attached hydrogens (tertiary/aromatic N) is 1. The van der Waals surface area contributed by atoms with Crippen molar-refractivity contribution in [2.45, 2.75) is 44.4 Å². The minimum absolute atomic E-state index is 0.0172. The maximum absolute atomic E-state index is 15.5. The molecule has 0 radical (unpaired) electrons. The van der Waals surface area contributed by atoms with Gasteiger partial charge in [0.25, 0.3) is 0 Å². The summed E-state index contributed by atoms with van der Waals surface area (Å²) in [5.74, 6) is -1.43. The number of rotatable bonds is 7. The van der Waals surface area contributed by atoms with Gasteiger partial charge < -0.3 is 14.3 Å². The molecule has 0 bridgehead atoms. The zero-order chi connectivity index (χ0) is 36.8. The third-order valence-electron chi connectivity index (χ3n) is 8.06. The summed E-state index contributed by atoms with van der Waals surface area (Å²) in [6, 6.07) is 10.5. The number of methoxy groups -OCH3 is 2. The minimum Gasteiger partial charge on any atom is -0.496 e. The highest BCUT2D eigenvalue weighted by molar-refractivity contribution is 5.92. The molecule has 4 aromatic rings. The first-order valence-electron chi connectivity index (χ1n) is 14.6. The van der Waals surface area contributed by atoms with Crippen LogP contribution in [-0.2, 0) is 34.5 Å². The van der Waals surface area contributed by atoms with E-state index < -0.39 is 58.7 Å². The molecular weight excluding hydrogens is 688 g/mol. The maximum atomic E-state index is 15.5. The third kappa shape index (κ3) is 7.55. The summed E-state index contributed by atoms with van der Waals surface area (Å²) in [7, 11) is 2.42. The molecule has 264 valence electrons. The van der Waals surface area contributed by atoms with E-state index in [2.05, 4.69) is 5.16 Å². The van der Waals surface area contributed by atoms with Crippen LogP contribution in [0.5, 0.6) is 5.75 Å². The van der Waals surface area contributed by atoms with Crippen molar-refractivity contribution in [1.82, 2.24) is 0 Å². The van der Waals surface area contributed by atoms with Crippen molar-refractivity contribution in [1.29, 1.82) is 0 Å². The highest BCUT2D eigenvalue weighted by atomic mass is 19.4. The molecule has 0 spiro atoms. The van der Waals surface area contributed by atoms with Crippen LogP contribution in [0.1, 0.15) is 56.3 Å².